The summed E-state index contributed by atoms with van der Waals surface area (Å²) in [5.41, 5.74) is 4.00. The first-order valence-corrected chi connectivity index (χ1v) is 8.56. The number of nitrogens with zero attached hydrogens (tertiary/aromatic N) is 4. The van der Waals surface area contributed by atoms with Gasteiger partial charge in [0.05, 0.1) is 24.4 Å². The van der Waals surface area contributed by atoms with E-state index in [0.717, 1.165) is 60.1 Å². The lowest BCUT2D eigenvalue weighted by Gasteiger charge is -2.28. The average Bonchev–Trinajstić information content (AvgIpc) is 3.14. The van der Waals surface area contributed by atoms with Crippen LogP contribution in [0, 0.1) is 0 Å². The molecule has 4 aromatic rings. The van der Waals surface area contributed by atoms with Gasteiger partial charge in [0.15, 0.2) is 0 Å². The van der Waals surface area contributed by atoms with Gasteiger partial charge in [-0.1, -0.05) is 42.5 Å². The summed E-state index contributed by atoms with van der Waals surface area (Å²) in [7, 11) is 0. The van der Waals surface area contributed by atoms with Crippen molar-refractivity contribution in [2.24, 2.45) is 0 Å². The molecule has 5 rings (SSSR count). The Balaban J connectivity index is 1.78. The van der Waals surface area contributed by atoms with Gasteiger partial charge in [0, 0.05) is 30.2 Å². The second kappa shape index (κ2) is 5.86. The molecule has 5 nitrogen and oxygen atoms in total. The van der Waals surface area contributed by atoms with E-state index in [-0.39, 0.29) is 0 Å². The summed E-state index contributed by atoms with van der Waals surface area (Å²) in [5.74, 6) is 0.937. The van der Waals surface area contributed by atoms with Crippen LogP contribution >= 0.6 is 0 Å². The molecule has 5 heteroatoms. The molecule has 0 amide bonds. The minimum absolute atomic E-state index is 0.732. The number of benzene rings is 2. The number of imidazole rings is 1. The van der Waals surface area contributed by atoms with E-state index in [1.807, 2.05) is 30.3 Å². The van der Waals surface area contributed by atoms with Crippen LogP contribution in [0.2, 0.25) is 0 Å². The van der Waals surface area contributed by atoms with Crippen molar-refractivity contribution in [3.63, 3.8) is 0 Å². The highest BCUT2D eigenvalue weighted by atomic mass is 16.5. The monoisotopic (exact) mass is 330 g/mol. The Hall–Kier alpha value is -2.92. The van der Waals surface area contributed by atoms with Crippen molar-refractivity contribution in [2.45, 2.75) is 0 Å². The summed E-state index contributed by atoms with van der Waals surface area (Å²) in [5, 5.41) is 1.07. The maximum atomic E-state index is 5.50. The Morgan fingerprint density at radius 1 is 0.840 bits per heavy atom. The van der Waals surface area contributed by atoms with Gasteiger partial charge in [-0.2, -0.15) is 0 Å². The Kier molecular flexibility index (Phi) is 3.38. The van der Waals surface area contributed by atoms with Crippen LogP contribution in [-0.2, 0) is 4.74 Å². The van der Waals surface area contributed by atoms with E-state index in [9.17, 15) is 0 Å². The number of anilines is 1. The molecule has 2 aromatic carbocycles. The van der Waals surface area contributed by atoms with E-state index in [2.05, 4.69) is 39.8 Å². The van der Waals surface area contributed by atoms with Gasteiger partial charge in [-0.15, -0.1) is 0 Å². The first-order chi connectivity index (χ1) is 12.4. The van der Waals surface area contributed by atoms with Crippen molar-refractivity contribution < 1.29 is 4.74 Å². The summed E-state index contributed by atoms with van der Waals surface area (Å²) in [6.45, 7) is 3.16. The van der Waals surface area contributed by atoms with E-state index in [4.69, 9.17) is 14.7 Å². The van der Waals surface area contributed by atoms with Crippen LogP contribution in [0.15, 0.2) is 60.8 Å². The quantitative estimate of drug-likeness (QED) is 0.565. The molecule has 1 fully saturated rings. The molecule has 1 aliphatic rings. The van der Waals surface area contributed by atoms with Crippen LogP contribution in [0.1, 0.15) is 0 Å². The number of aromatic nitrogens is 3. The van der Waals surface area contributed by atoms with Gasteiger partial charge < -0.3 is 9.64 Å². The Bertz CT molecular complexity index is 1040. The van der Waals surface area contributed by atoms with Crippen molar-refractivity contribution >= 4 is 22.5 Å². The number of morpholine rings is 1. The average molecular weight is 330 g/mol. The van der Waals surface area contributed by atoms with Gasteiger partial charge in [0.25, 0.3) is 0 Å². The number of hydrogen-bond acceptors (Lipinski definition) is 4. The van der Waals surface area contributed by atoms with Crippen LogP contribution in [0.4, 0.5) is 5.95 Å². The predicted molar refractivity (Wildman–Crippen MR) is 99.0 cm³/mol. The SMILES string of the molecule is c1ccc(-c2cn3c(N4CCOCC4)nc4ccccc4c3n2)cc1. The highest BCUT2D eigenvalue weighted by molar-refractivity contribution is 5.93. The fraction of sp³-hybridized carbons (Fsp3) is 0.200. The topological polar surface area (TPSA) is 42.7 Å². The molecular formula is C20H18N4O. The van der Waals surface area contributed by atoms with Crippen molar-refractivity contribution in [3.05, 3.63) is 60.8 Å². The highest BCUT2D eigenvalue weighted by Crippen LogP contribution is 2.27. The van der Waals surface area contributed by atoms with Crippen LogP contribution in [-0.4, -0.2) is 40.7 Å². The molecule has 3 heterocycles. The lowest BCUT2D eigenvalue weighted by atomic mass is 10.2. The minimum atomic E-state index is 0.732. The highest BCUT2D eigenvalue weighted by Gasteiger charge is 2.19. The van der Waals surface area contributed by atoms with Crippen LogP contribution in [0.25, 0.3) is 27.8 Å². The number of fused-ring (bicyclic) bond motifs is 3. The van der Waals surface area contributed by atoms with E-state index >= 15 is 0 Å². The molecule has 0 atom stereocenters. The molecule has 124 valence electrons. The smallest absolute Gasteiger partial charge is 0.212 e. The van der Waals surface area contributed by atoms with Gasteiger partial charge in [-0.25, -0.2) is 9.97 Å². The molecule has 0 bridgehead atoms. The Morgan fingerprint density at radius 2 is 1.60 bits per heavy atom. The second-order valence-corrected chi connectivity index (χ2v) is 6.21. The molecule has 1 aliphatic heterocycles. The molecule has 1 saturated heterocycles. The van der Waals surface area contributed by atoms with Crippen molar-refractivity contribution in [3.8, 4) is 11.3 Å². The largest absolute Gasteiger partial charge is 0.378 e. The molecule has 25 heavy (non-hydrogen) atoms. The predicted octanol–water partition coefficient (Wildman–Crippen LogP) is 3.39. The fourth-order valence-electron chi connectivity index (χ4n) is 3.38. The lowest BCUT2D eigenvalue weighted by molar-refractivity contribution is 0.122. The third-order valence-corrected chi connectivity index (χ3v) is 4.65. The molecule has 0 N–H and O–H groups in total. The molecule has 0 radical (unpaired) electrons. The van der Waals surface area contributed by atoms with Gasteiger partial charge in [-0.3, -0.25) is 4.40 Å². The molecule has 0 spiro atoms. The third-order valence-electron chi connectivity index (χ3n) is 4.65. The van der Waals surface area contributed by atoms with Crippen molar-refractivity contribution in [2.75, 3.05) is 31.2 Å². The molecule has 2 aromatic heterocycles. The number of rotatable bonds is 2. The van der Waals surface area contributed by atoms with E-state index in [1.165, 1.54) is 0 Å². The summed E-state index contributed by atoms with van der Waals surface area (Å²) in [4.78, 5) is 12.1. The van der Waals surface area contributed by atoms with Crippen LogP contribution < -0.4 is 4.90 Å². The maximum Gasteiger partial charge on any atom is 0.212 e. The zero-order valence-corrected chi connectivity index (χ0v) is 13.8. The van der Waals surface area contributed by atoms with Crippen LogP contribution in [0.3, 0.4) is 0 Å². The minimum Gasteiger partial charge on any atom is -0.378 e. The summed E-state index contributed by atoms with van der Waals surface area (Å²) in [6.07, 6.45) is 2.09. The second-order valence-electron chi connectivity index (χ2n) is 6.21. The van der Waals surface area contributed by atoms with E-state index in [1.54, 1.807) is 0 Å². The van der Waals surface area contributed by atoms with Gasteiger partial charge >= 0.3 is 0 Å². The molecule has 0 aliphatic carbocycles. The normalized spacial score (nSPS) is 15.1. The summed E-state index contributed by atoms with van der Waals surface area (Å²) < 4.78 is 7.62. The van der Waals surface area contributed by atoms with E-state index in [0.29, 0.717) is 0 Å². The number of para-hydroxylation sites is 1. The molecular weight excluding hydrogens is 312 g/mol. The zero-order valence-electron chi connectivity index (χ0n) is 13.8. The summed E-state index contributed by atoms with van der Waals surface area (Å²) >= 11 is 0. The standard InChI is InChI=1S/C20H18N4O/c1-2-6-15(7-3-1)18-14-24-19(21-18)16-8-4-5-9-17(16)22-20(24)23-10-12-25-13-11-23/h1-9,14H,10-13H2. The van der Waals surface area contributed by atoms with Gasteiger partial charge in [0.1, 0.15) is 5.65 Å². The van der Waals surface area contributed by atoms with E-state index < -0.39 is 0 Å². The van der Waals surface area contributed by atoms with Crippen molar-refractivity contribution in [1.82, 2.24) is 14.4 Å². The zero-order chi connectivity index (χ0) is 16.6. The maximum absolute atomic E-state index is 5.50. The fourth-order valence-corrected chi connectivity index (χ4v) is 3.38. The van der Waals surface area contributed by atoms with Crippen LogP contribution in [0.5, 0.6) is 0 Å². The molecule has 0 unspecified atom stereocenters. The van der Waals surface area contributed by atoms with Crippen molar-refractivity contribution in [1.29, 1.82) is 0 Å². The third kappa shape index (κ3) is 2.44. The summed E-state index contributed by atoms with van der Waals surface area (Å²) in [6, 6.07) is 18.5. The number of hydrogen-bond donors (Lipinski definition) is 0. The van der Waals surface area contributed by atoms with Gasteiger partial charge in [-0.05, 0) is 12.1 Å². The Morgan fingerprint density at radius 3 is 2.44 bits per heavy atom. The first kappa shape index (κ1) is 14.4. The van der Waals surface area contributed by atoms with Gasteiger partial charge in [0.2, 0.25) is 5.95 Å². The Labute approximate surface area is 145 Å². The first-order valence-electron chi connectivity index (χ1n) is 8.56. The molecule has 0 saturated carbocycles. The number of ether oxygens (including phenoxy) is 1. The lowest BCUT2D eigenvalue weighted by Crippen LogP contribution is -2.37.